The van der Waals surface area contributed by atoms with Gasteiger partial charge in [-0.3, -0.25) is 4.90 Å². The number of ether oxygens (including phenoxy) is 2. The zero-order valence-electron chi connectivity index (χ0n) is 14.6. The Morgan fingerprint density at radius 3 is 2.48 bits per heavy atom. The fraction of sp³-hybridized carbons (Fsp3) is 0.278. The Balaban J connectivity index is 1.77. The molecule has 0 saturated carbocycles. The molecule has 7 nitrogen and oxygen atoms in total. The number of nitrogens with zero attached hydrogens (tertiary/aromatic N) is 5. The van der Waals surface area contributed by atoms with Crippen LogP contribution in [0.1, 0.15) is 11.4 Å². The molecular formula is C18H21N5O2. The van der Waals surface area contributed by atoms with Crippen molar-refractivity contribution in [1.82, 2.24) is 25.1 Å². The van der Waals surface area contributed by atoms with Crippen LogP contribution in [-0.4, -0.2) is 46.4 Å². The van der Waals surface area contributed by atoms with E-state index in [0.717, 1.165) is 28.6 Å². The molecule has 130 valence electrons. The van der Waals surface area contributed by atoms with Crippen molar-refractivity contribution in [2.24, 2.45) is 0 Å². The van der Waals surface area contributed by atoms with Crippen molar-refractivity contribution in [3.63, 3.8) is 0 Å². The summed E-state index contributed by atoms with van der Waals surface area (Å²) in [4.78, 5) is 2.13. The first-order chi connectivity index (χ1) is 12.2. The summed E-state index contributed by atoms with van der Waals surface area (Å²) >= 11 is 0. The maximum Gasteiger partial charge on any atom is 0.170 e. The zero-order chi connectivity index (χ0) is 17.6. The summed E-state index contributed by atoms with van der Waals surface area (Å²) in [6.45, 7) is 1.28. The van der Waals surface area contributed by atoms with E-state index in [0.29, 0.717) is 13.1 Å². The predicted octanol–water partition coefficient (Wildman–Crippen LogP) is 2.31. The van der Waals surface area contributed by atoms with Crippen LogP contribution >= 0.6 is 0 Å². The average Bonchev–Trinajstić information content (AvgIpc) is 3.10. The summed E-state index contributed by atoms with van der Waals surface area (Å²) in [6, 6.07) is 15.7. The molecule has 0 fully saturated rings. The normalized spacial score (nSPS) is 10.9. The van der Waals surface area contributed by atoms with Crippen LogP contribution in [0.4, 0.5) is 0 Å². The molecule has 0 saturated heterocycles. The topological polar surface area (TPSA) is 65.3 Å². The second-order valence-corrected chi connectivity index (χ2v) is 5.67. The molecule has 0 N–H and O–H groups in total. The lowest BCUT2D eigenvalue weighted by Crippen LogP contribution is -2.20. The van der Waals surface area contributed by atoms with Crippen molar-refractivity contribution in [1.29, 1.82) is 0 Å². The summed E-state index contributed by atoms with van der Waals surface area (Å²) in [5.41, 5.74) is 1.98. The highest BCUT2D eigenvalue weighted by molar-refractivity contribution is 5.46. The number of tetrazole rings is 1. The Labute approximate surface area is 146 Å². The van der Waals surface area contributed by atoms with Crippen LogP contribution in [-0.2, 0) is 13.1 Å². The highest BCUT2D eigenvalue weighted by Gasteiger charge is 2.14. The van der Waals surface area contributed by atoms with Crippen molar-refractivity contribution in [2.45, 2.75) is 13.1 Å². The van der Waals surface area contributed by atoms with Gasteiger partial charge in [-0.15, -0.1) is 5.10 Å². The van der Waals surface area contributed by atoms with Crippen LogP contribution in [0.3, 0.4) is 0 Å². The molecule has 1 aromatic heterocycles. The lowest BCUT2D eigenvalue weighted by atomic mass is 10.1. The smallest absolute Gasteiger partial charge is 0.170 e. The minimum Gasteiger partial charge on any atom is -0.493 e. The standard InChI is InChI=1S/C18H21N5O2/c1-22(12-14-8-7-11-16(24-2)18(14)25-3)13-17-19-20-21-23(17)15-9-5-4-6-10-15/h4-11H,12-13H2,1-3H3. The Morgan fingerprint density at radius 2 is 1.76 bits per heavy atom. The van der Waals surface area contributed by atoms with Gasteiger partial charge in [-0.1, -0.05) is 30.3 Å². The third-order valence-electron chi connectivity index (χ3n) is 3.87. The maximum atomic E-state index is 5.50. The number of rotatable bonds is 7. The molecule has 7 heteroatoms. The van der Waals surface area contributed by atoms with Crippen LogP contribution < -0.4 is 9.47 Å². The lowest BCUT2D eigenvalue weighted by molar-refractivity contribution is 0.295. The molecule has 3 aromatic rings. The van der Waals surface area contributed by atoms with E-state index in [4.69, 9.17) is 9.47 Å². The summed E-state index contributed by atoms with van der Waals surface area (Å²) in [7, 11) is 5.31. The largest absolute Gasteiger partial charge is 0.493 e. The van der Waals surface area contributed by atoms with Gasteiger partial charge in [-0.2, -0.15) is 4.68 Å². The number of methoxy groups -OCH3 is 2. The minimum atomic E-state index is 0.599. The summed E-state index contributed by atoms with van der Waals surface area (Å²) in [5, 5.41) is 12.1. The van der Waals surface area contributed by atoms with Gasteiger partial charge in [0.1, 0.15) is 0 Å². The number of hydrogen-bond donors (Lipinski definition) is 0. The summed E-state index contributed by atoms with van der Waals surface area (Å²) in [6.07, 6.45) is 0. The molecule has 0 atom stereocenters. The lowest BCUT2D eigenvalue weighted by Gasteiger charge is -2.19. The SMILES string of the molecule is COc1cccc(CN(C)Cc2nnnn2-c2ccccc2)c1OC. The first kappa shape index (κ1) is 16.9. The van der Waals surface area contributed by atoms with Crippen LogP contribution in [0.2, 0.25) is 0 Å². The number of para-hydroxylation sites is 2. The van der Waals surface area contributed by atoms with Gasteiger partial charge in [-0.05, 0) is 35.7 Å². The zero-order valence-corrected chi connectivity index (χ0v) is 14.6. The number of hydrogen-bond acceptors (Lipinski definition) is 6. The van der Waals surface area contributed by atoms with Gasteiger partial charge in [0.25, 0.3) is 0 Å². The summed E-state index contributed by atoms with van der Waals surface area (Å²) in [5.74, 6) is 2.25. The number of benzene rings is 2. The van der Waals surface area contributed by atoms with Crippen LogP contribution in [0, 0.1) is 0 Å². The fourth-order valence-corrected chi connectivity index (χ4v) is 2.74. The van der Waals surface area contributed by atoms with Gasteiger partial charge in [0.2, 0.25) is 0 Å². The average molecular weight is 339 g/mol. The van der Waals surface area contributed by atoms with Crippen molar-refractivity contribution in [2.75, 3.05) is 21.3 Å². The Bertz CT molecular complexity index is 819. The molecule has 0 aliphatic heterocycles. The Kier molecular flexibility index (Phi) is 5.25. The monoisotopic (exact) mass is 339 g/mol. The molecule has 25 heavy (non-hydrogen) atoms. The molecule has 1 heterocycles. The van der Waals surface area contributed by atoms with Crippen LogP contribution in [0.25, 0.3) is 5.69 Å². The number of aromatic nitrogens is 4. The van der Waals surface area contributed by atoms with E-state index in [1.165, 1.54) is 0 Å². The fourth-order valence-electron chi connectivity index (χ4n) is 2.74. The quantitative estimate of drug-likeness (QED) is 0.658. The van der Waals surface area contributed by atoms with E-state index in [1.54, 1.807) is 18.9 Å². The van der Waals surface area contributed by atoms with Gasteiger partial charge in [0.15, 0.2) is 17.3 Å². The van der Waals surface area contributed by atoms with E-state index < -0.39 is 0 Å². The molecule has 0 aliphatic carbocycles. The molecule has 0 amide bonds. The first-order valence-electron chi connectivity index (χ1n) is 7.94. The van der Waals surface area contributed by atoms with Gasteiger partial charge < -0.3 is 9.47 Å². The molecule has 0 bridgehead atoms. The second-order valence-electron chi connectivity index (χ2n) is 5.67. The van der Waals surface area contributed by atoms with Gasteiger partial charge >= 0.3 is 0 Å². The summed E-state index contributed by atoms with van der Waals surface area (Å²) < 4.78 is 12.6. The Hall–Kier alpha value is -2.93. The van der Waals surface area contributed by atoms with E-state index in [9.17, 15) is 0 Å². The molecule has 3 rings (SSSR count). The second kappa shape index (κ2) is 7.76. The Morgan fingerprint density at radius 1 is 0.960 bits per heavy atom. The van der Waals surface area contributed by atoms with Crippen LogP contribution in [0.5, 0.6) is 11.5 Å². The molecule has 0 unspecified atom stereocenters. The van der Waals surface area contributed by atoms with Gasteiger partial charge in [0, 0.05) is 12.1 Å². The van der Waals surface area contributed by atoms with E-state index in [-0.39, 0.29) is 0 Å². The van der Waals surface area contributed by atoms with Crippen molar-refractivity contribution >= 4 is 0 Å². The predicted molar refractivity (Wildman–Crippen MR) is 93.9 cm³/mol. The van der Waals surface area contributed by atoms with Crippen molar-refractivity contribution < 1.29 is 9.47 Å². The van der Waals surface area contributed by atoms with Gasteiger partial charge in [-0.25, -0.2) is 0 Å². The molecular weight excluding hydrogens is 318 g/mol. The molecule has 0 spiro atoms. The first-order valence-corrected chi connectivity index (χ1v) is 7.94. The minimum absolute atomic E-state index is 0.599. The molecule has 0 aliphatic rings. The highest BCUT2D eigenvalue weighted by Crippen LogP contribution is 2.31. The van der Waals surface area contributed by atoms with Crippen molar-refractivity contribution in [3.8, 4) is 17.2 Å². The van der Waals surface area contributed by atoms with Crippen LogP contribution in [0.15, 0.2) is 48.5 Å². The molecule has 2 aromatic carbocycles. The maximum absolute atomic E-state index is 5.50. The molecule has 0 radical (unpaired) electrons. The highest BCUT2D eigenvalue weighted by atomic mass is 16.5. The van der Waals surface area contributed by atoms with E-state index >= 15 is 0 Å². The third-order valence-corrected chi connectivity index (χ3v) is 3.87. The van der Waals surface area contributed by atoms with E-state index in [2.05, 4.69) is 20.4 Å². The van der Waals surface area contributed by atoms with E-state index in [1.807, 2.05) is 55.6 Å². The van der Waals surface area contributed by atoms with Gasteiger partial charge in [0.05, 0.1) is 26.5 Å². The third kappa shape index (κ3) is 3.77. The van der Waals surface area contributed by atoms with Crippen molar-refractivity contribution in [3.05, 3.63) is 59.9 Å².